The Morgan fingerprint density at radius 2 is 2.05 bits per heavy atom. The fraction of sp³-hybridized carbons (Fsp3) is 0.500. The minimum Gasteiger partial charge on any atom is -0.392 e. The molecule has 1 aromatic rings. The van der Waals surface area contributed by atoms with Gasteiger partial charge in [-0.1, -0.05) is 26.8 Å². The Bertz CT molecular complexity index is 598. The first-order valence-corrected chi connectivity index (χ1v) is 7.80. The van der Waals surface area contributed by atoms with Crippen LogP contribution < -0.4 is 4.72 Å². The molecule has 0 saturated carbocycles. The largest absolute Gasteiger partial charge is 0.392 e. The Kier molecular flexibility index (Phi) is 5.28. The summed E-state index contributed by atoms with van der Waals surface area (Å²) in [4.78, 5) is 0.0273. The third kappa shape index (κ3) is 5.29. The van der Waals surface area contributed by atoms with E-state index in [9.17, 15) is 13.5 Å². The lowest BCUT2D eigenvalue weighted by Crippen LogP contribution is -2.34. The summed E-state index contributed by atoms with van der Waals surface area (Å²) in [6.07, 6.45) is -0.253. The van der Waals surface area contributed by atoms with Gasteiger partial charge in [0.25, 0.3) is 0 Å². The molecule has 0 amide bonds. The van der Waals surface area contributed by atoms with Gasteiger partial charge in [0.1, 0.15) is 0 Å². The van der Waals surface area contributed by atoms with E-state index in [2.05, 4.69) is 4.72 Å². The van der Waals surface area contributed by atoms with Gasteiger partial charge in [0.2, 0.25) is 10.0 Å². The molecule has 2 N–H and O–H groups in total. The van der Waals surface area contributed by atoms with Crippen molar-refractivity contribution in [1.82, 2.24) is 4.72 Å². The quantitative estimate of drug-likeness (QED) is 0.864. The van der Waals surface area contributed by atoms with Gasteiger partial charge >= 0.3 is 0 Å². The fourth-order valence-electron chi connectivity index (χ4n) is 1.80. The molecule has 20 heavy (non-hydrogen) atoms. The van der Waals surface area contributed by atoms with Crippen molar-refractivity contribution in [3.05, 3.63) is 29.8 Å². The Hall–Kier alpha value is -1.42. The number of aliphatic hydroxyl groups is 1. The van der Waals surface area contributed by atoms with Gasteiger partial charge in [0, 0.05) is 6.54 Å². The van der Waals surface area contributed by atoms with Gasteiger partial charge in [-0.2, -0.15) is 5.26 Å². The van der Waals surface area contributed by atoms with E-state index < -0.39 is 16.1 Å². The zero-order valence-corrected chi connectivity index (χ0v) is 12.7. The first kappa shape index (κ1) is 16.6. The second kappa shape index (κ2) is 6.35. The van der Waals surface area contributed by atoms with Crippen molar-refractivity contribution in [3.63, 3.8) is 0 Å². The van der Waals surface area contributed by atoms with Gasteiger partial charge in [-0.05, 0) is 30.0 Å². The van der Waals surface area contributed by atoms with Gasteiger partial charge in [0.05, 0.1) is 22.6 Å². The highest BCUT2D eigenvalue weighted by molar-refractivity contribution is 7.89. The van der Waals surface area contributed by atoms with E-state index in [1.807, 2.05) is 26.8 Å². The second-order valence-corrected chi connectivity index (χ2v) is 7.68. The Morgan fingerprint density at radius 3 is 2.60 bits per heavy atom. The summed E-state index contributed by atoms with van der Waals surface area (Å²) in [7, 11) is -3.70. The molecular formula is C14H20N2O3S. The summed E-state index contributed by atoms with van der Waals surface area (Å²) in [5.41, 5.74) is 0.203. The molecule has 1 rings (SSSR count). The summed E-state index contributed by atoms with van der Waals surface area (Å²) >= 11 is 0. The van der Waals surface area contributed by atoms with Gasteiger partial charge in [-0.15, -0.1) is 0 Å². The van der Waals surface area contributed by atoms with E-state index >= 15 is 0 Å². The van der Waals surface area contributed by atoms with Crippen molar-refractivity contribution in [2.75, 3.05) is 6.54 Å². The lowest BCUT2D eigenvalue weighted by molar-refractivity contribution is 0.125. The molecule has 0 spiro atoms. The SMILES string of the molecule is CC(C)(C)CC(O)CNS(=O)(=O)c1cccc(C#N)c1. The molecule has 0 saturated heterocycles. The van der Waals surface area contributed by atoms with E-state index in [1.54, 1.807) is 0 Å². The lowest BCUT2D eigenvalue weighted by atomic mass is 9.89. The molecule has 0 aliphatic heterocycles. The Morgan fingerprint density at radius 1 is 1.40 bits per heavy atom. The molecule has 0 fully saturated rings. The highest BCUT2D eigenvalue weighted by atomic mass is 32.2. The van der Waals surface area contributed by atoms with E-state index in [0.29, 0.717) is 6.42 Å². The number of hydrogen-bond donors (Lipinski definition) is 2. The second-order valence-electron chi connectivity index (χ2n) is 5.91. The normalized spacial score (nSPS) is 13.8. The molecule has 0 radical (unpaired) electrons. The number of nitrogens with zero attached hydrogens (tertiary/aromatic N) is 1. The molecule has 0 heterocycles. The number of rotatable bonds is 5. The van der Waals surface area contributed by atoms with Gasteiger partial charge < -0.3 is 5.11 Å². The average Bonchev–Trinajstić information content (AvgIpc) is 2.35. The predicted molar refractivity (Wildman–Crippen MR) is 76.4 cm³/mol. The van der Waals surface area contributed by atoms with Gasteiger partial charge in [-0.25, -0.2) is 13.1 Å². The molecule has 1 atom stereocenters. The summed E-state index contributed by atoms with van der Waals surface area (Å²) in [6.45, 7) is 5.87. The first-order chi connectivity index (χ1) is 9.14. The molecule has 110 valence electrons. The third-order valence-electron chi connectivity index (χ3n) is 2.63. The van der Waals surface area contributed by atoms with Crippen LogP contribution in [0.1, 0.15) is 32.8 Å². The van der Waals surface area contributed by atoms with Crippen molar-refractivity contribution >= 4 is 10.0 Å². The van der Waals surface area contributed by atoms with Crippen molar-refractivity contribution < 1.29 is 13.5 Å². The number of nitrogens with one attached hydrogen (secondary N) is 1. The molecule has 1 aromatic carbocycles. The van der Waals surface area contributed by atoms with E-state index in [4.69, 9.17) is 5.26 Å². The number of benzene rings is 1. The number of sulfonamides is 1. The van der Waals surface area contributed by atoms with Crippen molar-refractivity contribution in [1.29, 1.82) is 5.26 Å². The smallest absolute Gasteiger partial charge is 0.240 e. The molecule has 6 heteroatoms. The predicted octanol–water partition coefficient (Wildman–Crippen LogP) is 1.63. The van der Waals surface area contributed by atoms with Crippen LogP contribution in [-0.2, 0) is 10.0 Å². The van der Waals surface area contributed by atoms with E-state index in [1.165, 1.54) is 24.3 Å². The van der Waals surface area contributed by atoms with Crippen molar-refractivity contribution in [2.24, 2.45) is 5.41 Å². The minimum absolute atomic E-state index is 0.0273. The van der Waals surface area contributed by atoms with Crippen LogP contribution >= 0.6 is 0 Å². The first-order valence-electron chi connectivity index (χ1n) is 6.32. The number of hydrogen-bond acceptors (Lipinski definition) is 4. The standard InChI is InChI=1S/C14H20N2O3S/c1-14(2,3)8-12(17)10-16-20(18,19)13-6-4-5-11(7-13)9-15/h4-7,12,16-17H,8,10H2,1-3H3. The summed E-state index contributed by atoms with van der Waals surface area (Å²) in [5, 5.41) is 18.6. The maximum Gasteiger partial charge on any atom is 0.240 e. The maximum absolute atomic E-state index is 12.0. The van der Waals surface area contributed by atoms with Crippen LogP contribution in [0.5, 0.6) is 0 Å². The monoisotopic (exact) mass is 296 g/mol. The van der Waals surface area contributed by atoms with E-state index in [0.717, 1.165) is 0 Å². The Labute approximate surface area is 120 Å². The van der Waals surface area contributed by atoms with Gasteiger partial charge in [0.15, 0.2) is 0 Å². The van der Waals surface area contributed by atoms with Crippen LogP contribution in [0.2, 0.25) is 0 Å². The highest BCUT2D eigenvalue weighted by Gasteiger charge is 2.20. The zero-order valence-electron chi connectivity index (χ0n) is 11.9. The maximum atomic E-state index is 12.0. The molecule has 0 aromatic heterocycles. The number of aliphatic hydroxyl groups excluding tert-OH is 1. The fourth-order valence-corrected chi connectivity index (χ4v) is 2.92. The lowest BCUT2D eigenvalue weighted by Gasteiger charge is -2.22. The highest BCUT2D eigenvalue weighted by Crippen LogP contribution is 2.20. The summed E-state index contributed by atoms with van der Waals surface area (Å²) in [6, 6.07) is 7.66. The third-order valence-corrected chi connectivity index (χ3v) is 4.05. The van der Waals surface area contributed by atoms with Crippen LogP contribution in [0, 0.1) is 16.7 Å². The molecule has 0 aliphatic carbocycles. The molecule has 1 unspecified atom stereocenters. The molecular weight excluding hydrogens is 276 g/mol. The topological polar surface area (TPSA) is 90.2 Å². The van der Waals surface area contributed by atoms with Crippen LogP contribution in [0.15, 0.2) is 29.2 Å². The van der Waals surface area contributed by atoms with Crippen molar-refractivity contribution in [2.45, 2.75) is 38.2 Å². The zero-order chi connectivity index (χ0) is 15.4. The minimum atomic E-state index is -3.70. The van der Waals surface area contributed by atoms with Crippen LogP contribution in [-0.4, -0.2) is 26.2 Å². The van der Waals surface area contributed by atoms with Crippen LogP contribution in [0.25, 0.3) is 0 Å². The Balaban J connectivity index is 2.73. The molecule has 0 bridgehead atoms. The number of nitriles is 1. The van der Waals surface area contributed by atoms with Crippen LogP contribution in [0.3, 0.4) is 0 Å². The molecule has 5 nitrogen and oxygen atoms in total. The van der Waals surface area contributed by atoms with Crippen LogP contribution in [0.4, 0.5) is 0 Å². The van der Waals surface area contributed by atoms with E-state index in [-0.39, 0.29) is 22.4 Å². The average molecular weight is 296 g/mol. The summed E-state index contributed by atoms with van der Waals surface area (Å²) in [5.74, 6) is 0. The summed E-state index contributed by atoms with van der Waals surface area (Å²) < 4.78 is 26.4. The van der Waals surface area contributed by atoms with Gasteiger partial charge in [-0.3, -0.25) is 0 Å². The van der Waals surface area contributed by atoms with Crippen molar-refractivity contribution in [3.8, 4) is 6.07 Å². The molecule has 0 aliphatic rings.